The Balaban J connectivity index is 1.54. The number of thiocarbonyl (C=S) groups is 1. The highest BCUT2D eigenvalue weighted by atomic mass is 32.2. The molecule has 1 N–H and O–H groups in total. The van der Waals surface area contributed by atoms with Crippen LogP contribution in [0, 0.1) is 0 Å². The summed E-state index contributed by atoms with van der Waals surface area (Å²) in [4.78, 5) is 25.2. The molecule has 3 rings (SSSR count). The van der Waals surface area contributed by atoms with Crippen LogP contribution in [0.5, 0.6) is 0 Å². The first-order valence-corrected chi connectivity index (χ1v) is 8.53. The first-order chi connectivity index (χ1) is 11.1. The fourth-order valence-electron chi connectivity index (χ4n) is 2.27. The maximum atomic E-state index is 12.1. The molecule has 2 heterocycles. The first-order valence-electron chi connectivity index (χ1n) is 7.14. The van der Waals surface area contributed by atoms with Gasteiger partial charge in [0.2, 0.25) is 5.91 Å². The smallest absolute Gasteiger partial charge is 0.251 e. The average molecular weight is 345 g/mol. The van der Waals surface area contributed by atoms with Gasteiger partial charge in [-0.3, -0.25) is 14.5 Å². The van der Waals surface area contributed by atoms with Gasteiger partial charge in [-0.1, -0.05) is 24.0 Å². The number of nitrogens with one attached hydrogen (secondary N) is 1. The van der Waals surface area contributed by atoms with Gasteiger partial charge in [-0.2, -0.15) is 0 Å². The number of carbonyl (C=O) groups is 2. The van der Waals surface area contributed by atoms with Crippen LogP contribution in [0.2, 0.25) is 0 Å². The molecule has 1 aliphatic rings. The topological polar surface area (TPSA) is 54.3 Å². The van der Waals surface area contributed by atoms with Gasteiger partial charge in [-0.15, -0.1) is 0 Å². The summed E-state index contributed by atoms with van der Waals surface area (Å²) >= 11 is 6.46. The van der Waals surface area contributed by atoms with Crippen LogP contribution in [0.25, 0.3) is 5.69 Å². The molecule has 0 saturated carbocycles. The van der Waals surface area contributed by atoms with Crippen molar-refractivity contribution in [1.29, 1.82) is 0 Å². The molecule has 1 fully saturated rings. The molecule has 1 saturated heterocycles. The highest BCUT2D eigenvalue weighted by molar-refractivity contribution is 8.23. The number of aromatic nitrogens is 1. The molecular weight excluding hydrogens is 330 g/mol. The molecule has 5 nitrogen and oxygen atoms in total. The Bertz CT molecular complexity index is 710. The van der Waals surface area contributed by atoms with Gasteiger partial charge in [0, 0.05) is 36.7 Å². The zero-order valence-electron chi connectivity index (χ0n) is 12.3. The zero-order valence-corrected chi connectivity index (χ0v) is 13.9. The van der Waals surface area contributed by atoms with Gasteiger partial charge in [0.15, 0.2) is 0 Å². The fourth-order valence-corrected chi connectivity index (χ4v) is 3.39. The van der Waals surface area contributed by atoms with Crippen molar-refractivity contribution in [1.82, 2.24) is 14.8 Å². The van der Waals surface area contributed by atoms with E-state index in [4.69, 9.17) is 12.2 Å². The third-order valence-electron chi connectivity index (χ3n) is 3.49. The van der Waals surface area contributed by atoms with Crippen LogP contribution in [0.15, 0.2) is 48.8 Å². The van der Waals surface area contributed by atoms with Gasteiger partial charge in [0.25, 0.3) is 5.91 Å². The number of amides is 2. The van der Waals surface area contributed by atoms with Crippen molar-refractivity contribution >= 4 is 40.1 Å². The van der Waals surface area contributed by atoms with E-state index in [9.17, 15) is 9.59 Å². The summed E-state index contributed by atoms with van der Waals surface area (Å²) in [5.41, 5.74) is 1.59. The molecule has 0 spiro atoms. The summed E-state index contributed by atoms with van der Waals surface area (Å²) < 4.78 is 2.56. The first kappa shape index (κ1) is 15.8. The van der Waals surface area contributed by atoms with Crippen LogP contribution in [-0.2, 0) is 4.79 Å². The van der Waals surface area contributed by atoms with E-state index in [1.807, 2.05) is 41.2 Å². The lowest BCUT2D eigenvalue weighted by molar-refractivity contribution is -0.123. The van der Waals surface area contributed by atoms with Gasteiger partial charge in [-0.25, -0.2) is 0 Å². The Morgan fingerprint density at radius 3 is 2.52 bits per heavy atom. The van der Waals surface area contributed by atoms with E-state index in [0.29, 0.717) is 28.7 Å². The summed E-state index contributed by atoms with van der Waals surface area (Å²) in [6.45, 7) is 0.794. The van der Waals surface area contributed by atoms with E-state index < -0.39 is 0 Å². The van der Waals surface area contributed by atoms with Crippen LogP contribution in [0.1, 0.15) is 10.4 Å². The fraction of sp³-hybridized carbons (Fsp3) is 0.188. The second-order valence-corrected chi connectivity index (χ2v) is 6.60. The number of hydrogen-bond acceptors (Lipinski definition) is 4. The number of benzene rings is 1. The summed E-state index contributed by atoms with van der Waals surface area (Å²) in [5.74, 6) is 0.243. The summed E-state index contributed by atoms with van der Waals surface area (Å²) in [5, 5.41) is 2.81. The number of thioether (sulfide) groups is 1. The molecule has 118 valence electrons. The van der Waals surface area contributed by atoms with E-state index >= 15 is 0 Å². The van der Waals surface area contributed by atoms with Crippen LogP contribution >= 0.6 is 24.0 Å². The van der Waals surface area contributed by atoms with Crippen molar-refractivity contribution in [2.24, 2.45) is 0 Å². The van der Waals surface area contributed by atoms with Crippen molar-refractivity contribution < 1.29 is 9.59 Å². The standard InChI is InChI=1S/C16H15N3O2S2/c20-14-11-23-16(22)19(14)10-7-17-15(21)12-3-5-13(6-4-12)18-8-1-2-9-18/h1-6,8-9H,7,10-11H2,(H,17,21). The summed E-state index contributed by atoms with van der Waals surface area (Å²) in [6, 6.07) is 11.2. The van der Waals surface area contributed by atoms with Crippen LogP contribution in [0.4, 0.5) is 0 Å². The molecule has 0 unspecified atom stereocenters. The second kappa shape index (κ2) is 6.97. The van der Waals surface area contributed by atoms with Gasteiger partial charge in [0.05, 0.1) is 5.75 Å². The maximum absolute atomic E-state index is 12.1. The molecule has 1 aromatic carbocycles. The molecule has 0 bridgehead atoms. The van der Waals surface area contributed by atoms with E-state index in [0.717, 1.165) is 5.69 Å². The predicted molar refractivity (Wildman–Crippen MR) is 94.9 cm³/mol. The second-order valence-electron chi connectivity index (χ2n) is 4.99. The molecule has 23 heavy (non-hydrogen) atoms. The van der Waals surface area contributed by atoms with Gasteiger partial charge >= 0.3 is 0 Å². The number of rotatable bonds is 5. The Hall–Kier alpha value is -2.12. The molecule has 2 amide bonds. The Morgan fingerprint density at radius 2 is 1.91 bits per heavy atom. The third-order valence-corrected chi connectivity index (χ3v) is 4.93. The summed E-state index contributed by atoms with van der Waals surface area (Å²) in [6.07, 6.45) is 3.89. The number of nitrogens with zero attached hydrogens (tertiary/aromatic N) is 2. The molecular formula is C16H15N3O2S2. The lowest BCUT2D eigenvalue weighted by Crippen LogP contribution is -2.37. The van der Waals surface area contributed by atoms with Crippen molar-refractivity contribution in [2.45, 2.75) is 0 Å². The van der Waals surface area contributed by atoms with Crippen LogP contribution in [0.3, 0.4) is 0 Å². The molecule has 1 aliphatic heterocycles. The molecule has 2 aromatic rings. The van der Waals surface area contributed by atoms with Gasteiger partial charge in [0.1, 0.15) is 4.32 Å². The highest BCUT2D eigenvalue weighted by Gasteiger charge is 2.25. The Labute approximate surface area is 143 Å². The number of hydrogen-bond donors (Lipinski definition) is 1. The quantitative estimate of drug-likeness (QED) is 0.843. The summed E-state index contributed by atoms with van der Waals surface area (Å²) in [7, 11) is 0. The van der Waals surface area contributed by atoms with Crippen molar-refractivity contribution in [3.8, 4) is 5.69 Å². The van der Waals surface area contributed by atoms with E-state index in [-0.39, 0.29) is 11.8 Å². The van der Waals surface area contributed by atoms with Crippen LogP contribution in [-0.4, -0.2) is 44.4 Å². The molecule has 0 aliphatic carbocycles. The maximum Gasteiger partial charge on any atom is 0.251 e. The molecule has 0 radical (unpaired) electrons. The minimum Gasteiger partial charge on any atom is -0.350 e. The number of carbonyl (C=O) groups excluding carboxylic acids is 2. The monoisotopic (exact) mass is 345 g/mol. The SMILES string of the molecule is O=C(NCCN1C(=O)CSC1=S)c1ccc(-n2cccc2)cc1. The third kappa shape index (κ3) is 3.62. The lowest BCUT2D eigenvalue weighted by Gasteiger charge is -2.15. The largest absolute Gasteiger partial charge is 0.350 e. The van der Waals surface area contributed by atoms with Gasteiger partial charge < -0.3 is 9.88 Å². The van der Waals surface area contributed by atoms with Crippen molar-refractivity contribution in [3.05, 3.63) is 54.4 Å². The van der Waals surface area contributed by atoms with Crippen LogP contribution < -0.4 is 5.32 Å². The minimum absolute atomic E-state index is 0.00493. The zero-order chi connectivity index (χ0) is 16.2. The van der Waals surface area contributed by atoms with E-state index in [1.165, 1.54) is 16.7 Å². The molecule has 0 atom stereocenters. The minimum atomic E-state index is -0.158. The lowest BCUT2D eigenvalue weighted by atomic mass is 10.2. The van der Waals surface area contributed by atoms with Crippen molar-refractivity contribution in [3.63, 3.8) is 0 Å². The molecule has 1 aromatic heterocycles. The molecule has 7 heteroatoms. The average Bonchev–Trinajstić information content (AvgIpc) is 3.20. The Morgan fingerprint density at radius 1 is 1.22 bits per heavy atom. The van der Waals surface area contributed by atoms with Crippen molar-refractivity contribution in [2.75, 3.05) is 18.8 Å². The predicted octanol–water partition coefficient (Wildman–Crippen LogP) is 2.07. The normalized spacial score (nSPS) is 14.3. The highest BCUT2D eigenvalue weighted by Crippen LogP contribution is 2.18. The van der Waals surface area contributed by atoms with E-state index in [2.05, 4.69) is 5.32 Å². The van der Waals surface area contributed by atoms with Gasteiger partial charge in [-0.05, 0) is 36.4 Å². The Kier molecular flexibility index (Phi) is 4.78. The van der Waals surface area contributed by atoms with E-state index in [1.54, 1.807) is 12.1 Å².